The molecule has 120 valence electrons. The molecule has 0 aromatic carbocycles. The van der Waals surface area contributed by atoms with Gasteiger partial charge < -0.3 is 15.0 Å². The number of nitrogens with two attached hydrogens (primary N) is 1. The summed E-state index contributed by atoms with van der Waals surface area (Å²) in [6, 6.07) is 0. The minimum atomic E-state index is -3.59. The van der Waals surface area contributed by atoms with Crippen LogP contribution in [0.3, 0.4) is 0 Å². The monoisotopic (exact) mass is 316 g/mol. The Bertz CT molecular complexity index is 584. The highest BCUT2D eigenvalue weighted by molar-refractivity contribution is 7.89. The van der Waals surface area contributed by atoms with E-state index in [0.717, 1.165) is 13.0 Å². The third-order valence-corrected chi connectivity index (χ3v) is 5.28. The lowest BCUT2D eigenvalue weighted by Gasteiger charge is -2.34. The number of aryl methyl sites for hydroxylation is 2. The third-order valence-electron chi connectivity index (χ3n) is 3.58. The zero-order valence-electron chi connectivity index (χ0n) is 12.8. The molecule has 1 fully saturated rings. The van der Waals surface area contributed by atoms with E-state index >= 15 is 0 Å². The number of aromatic nitrogens is 2. The average Bonchev–Trinajstić information content (AvgIpc) is 2.80. The van der Waals surface area contributed by atoms with E-state index in [-0.39, 0.29) is 23.8 Å². The molecule has 2 N–H and O–H groups in total. The van der Waals surface area contributed by atoms with Crippen molar-refractivity contribution in [2.24, 2.45) is 5.73 Å². The van der Waals surface area contributed by atoms with Crippen molar-refractivity contribution in [1.29, 1.82) is 0 Å². The predicted octanol–water partition coefficient (Wildman–Crippen LogP) is 0.338. The molecule has 2 atom stereocenters. The first kappa shape index (κ1) is 16.4. The molecular formula is C13H24N4O3S. The van der Waals surface area contributed by atoms with Gasteiger partial charge in [-0.05, 0) is 20.3 Å². The number of hydrogen-bond acceptors (Lipinski definition) is 5. The molecular weight excluding hydrogens is 292 g/mol. The molecule has 0 radical (unpaired) electrons. The Kier molecular flexibility index (Phi) is 5.03. The summed E-state index contributed by atoms with van der Waals surface area (Å²) in [6.45, 7) is 7.40. The molecule has 1 aromatic heterocycles. The van der Waals surface area contributed by atoms with Gasteiger partial charge in [-0.15, -0.1) is 0 Å². The van der Waals surface area contributed by atoms with E-state index in [4.69, 9.17) is 10.5 Å². The smallest absolute Gasteiger partial charge is 0.262 e. The van der Waals surface area contributed by atoms with Crippen LogP contribution in [0.25, 0.3) is 0 Å². The molecule has 0 amide bonds. The molecule has 21 heavy (non-hydrogen) atoms. The quantitative estimate of drug-likeness (QED) is 0.846. The Morgan fingerprint density at radius 1 is 1.48 bits per heavy atom. The summed E-state index contributed by atoms with van der Waals surface area (Å²) in [5.41, 5.74) is 5.61. The third kappa shape index (κ3) is 3.45. The normalized spacial score (nSPS) is 24.4. The molecule has 1 aliphatic rings. The highest BCUT2D eigenvalue weighted by Gasteiger charge is 2.34. The first-order valence-corrected chi connectivity index (χ1v) is 8.72. The second-order valence-corrected chi connectivity index (χ2v) is 7.33. The summed E-state index contributed by atoms with van der Waals surface area (Å²) >= 11 is 0. The fourth-order valence-electron chi connectivity index (χ4n) is 2.53. The fraction of sp³-hybridized carbons (Fsp3) is 0.769. The Morgan fingerprint density at radius 2 is 2.19 bits per heavy atom. The van der Waals surface area contributed by atoms with Gasteiger partial charge in [-0.3, -0.25) is 0 Å². The van der Waals surface area contributed by atoms with Crippen molar-refractivity contribution in [3.8, 4) is 0 Å². The number of rotatable bonds is 5. The fourth-order valence-corrected chi connectivity index (χ4v) is 4.07. The summed E-state index contributed by atoms with van der Waals surface area (Å²) in [5, 5.41) is 0.110. The van der Waals surface area contributed by atoms with Crippen LogP contribution < -0.4 is 5.73 Å². The van der Waals surface area contributed by atoms with Gasteiger partial charge >= 0.3 is 0 Å². The van der Waals surface area contributed by atoms with Crippen LogP contribution in [0.1, 0.15) is 26.1 Å². The Morgan fingerprint density at radius 3 is 2.81 bits per heavy atom. The highest BCUT2D eigenvalue weighted by Crippen LogP contribution is 2.20. The molecule has 1 aliphatic heterocycles. The topological polar surface area (TPSA) is 90.5 Å². The number of hydrogen-bond donors (Lipinski definition) is 1. The number of sulfonamides is 1. The predicted molar refractivity (Wildman–Crippen MR) is 79.4 cm³/mol. The highest BCUT2D eigenvalue weighted by atomic mass is 32.2. The molecule has 1 aromatic rings. The lowest BCUT2D eigenvalue weighted by atomic mass is 10.2. The van der Waals surface area contributed by atoms with E-state index in [1.54, 1.807) is 6.20 Å². The van der Waals surface area contributed by atoms with Gasteiger partial charge in [-0.1, -0.05) is 6.92 Å². The zero-order valence-corrected chi connectivity index (χ0v) is 13.6. The van der Waals surface area contributed by atoms with Crippen LogP contribution in [-0.2, 0) is 21.3 Å². The first-order valence-electron chi connectivity index (χ1n) is 7.28. The van der Waals surface area contributed by atoms with Crippen LogP contribution in [0.5, 0.6) is 0 Å². The van der Waals surface area contributed by atoms with E-state index < -0.39 is 10.0 Å². The second kappa shape index (κ2) is 6.43. The number of nitrogens with zero attached hydrogens (tertiary/aromatic N) is 3. The standard InChI is InChI=1S/C13H24N4O3S/c1-4-5-16-9-13(15-11(16)3)21(18,19)17-7-10(2)20-12(6-14)8-17/h9-10,12H,4-8,14H2,1-3H3. The maximum Gasteiger partial charge on any atom is 0.262 e. The molecule has 0 spiro atoms. The summed E-state index contributed by atoms with van der Waals surface area (Å²) < 4.78 is 34.3. The molecule has 0 bridgehead atoms. The largest absolute Gasteiger partial charge is 0.371 e. The van der Waals surface area contributed by atoms with Gasteiger partial charge in [0.25, 0.3) is 10.0 Å². The van der Waals surface area contributed by atoms with Gasteiger partial charge in [0.15, 0.2) is 5.03 Å². The van der Waals surface area contributed by atoms with Crippen LogP contribution in [0, 0.1) is 6.92 Å². The lowest BCUT2D eigenvalue weighted by molar-refractivity contribution is -0.0486. The SMILES string of the molecule is CCCn1cc(S(=O)(=O)N2CC(C)OC(CN)C2)nc1C. The zero-order chi connectivity index (χ0) is 15.6. The van der Waals surface area contributed by atoms with Crippen molar-refractivity contribution in [2.45, 2.75) is 51.0 Å². The summed E-state index contributed by atoms with van der Waals surface area (Å²) in [4.78, 5) is 4.21. The summed E-state index contributed by atoms with van der Waals surface area (Å²) in [5.74, 6) is 0.715. The van der Waals surface area contributed by atoms with Crippen molar-refractivity contribution in [2.75, 3.05) is 19.6 Å². The average molecular weight is 316 g/mol. The van der Waals surface area contributed by atoms with Gasteiger partial charge in [0.2, 0.25) is 0 Å². The Labute approximate surface area is 126 Å². The molecule has 2 rings (SSSR count). The number of ether oxygens (including phenoxy) is 1. The van der Waals surface area contributed by atoms with Gasteiger partial charge in [-0.25, -0.2) is 13.4 Å². The summed E-state index contributed by atoms with van der Waals surface area (Å²) in [6.07, 6.45) is 2.12. The Hall–Kier alpha value is -0.960. The number of morpholine rings is 1. The molecule has 1 saturated heterocycles. The second-order valence-electron chi connectivity index (χ2n) is 5.45. The van der Waals surface area contributed by atoms with Gasteiger partial charge in [0, 0.05) is 32.4 Å². The van der Waals surface area contributed by atoms with Crippen molar-refractivity contribution in [1.82, 2.24) is 13.9 Å². The van der Waals surface area contributed by atoms with Crippen molar-refractivity contribution < 1.29 is 13.2 Å². The van der Waals surface area contributed by atoms with Crippen molar-refractivity contribution >= 4 is 10.0 Å². The van der Waals surface area contributed by atoms with E-state index in [0.29, 0.717) is 18.9 Å². The maximum atomic E-state index is 12.7. The maximum absolute atomic E-state index is 12.7. The molecule has 8 heteroatoms. The lowest BCUT2D eigenvalue weighted by Crippen LogP contribution is -2.51. The van der Waals surface area contributed by atoms with Crippen LogP contribution in [0.4, 0.5) is 0 Å². The van der Waals surface area contributed by atoms with E-state index in [1.807, 2.05) is 25.3 Å². The molecule has 0 aliphatic carbocycles. The van der Waals surface area contributed by atoms with Crippen LogP contribution in [0.15, 0.2) is 11.2 Å². The minimum absolute atomic E-state index is 0.110. The van der Waals surface area contributed by atoms with Crippen molar-refractivity contribution in [3.63, 3.8) is 0 Å². The van der Waals surface area contributed by atoms with Gasteiger partial charge in [0.1, 0.15) is 5.82 Å². The van der Waals surface area contributed by atoms with E-state index in [9.17, 15) is 8.42 Å². The molecule has 2 unspecified atom stereocenters. The van der Waals surface area contributed by atoms with Gasteiger partial charge in [-0.2, -0.15) is 4.31 Å². The summed E-state index contributed by atoms with van der Waals surface area (Å²) in [7, 11) is -3.59. The van der Waals surface area contributed by atoms with E-state index in [1.165, 1.54) is 4.31 Å². The van der Waals surface area contributed by atoms with Crippen molar-refractivity contribution in [3.05, 3.63) is 12.0 Å². The Balaban J connectivity index is 2.26. The van der Waals surface area contributed by atoms with Crippen LogP contribution >= 0.6 is 0 Å². The van der Waals surface area contributed by atoms with Crippen LogP contribution in [0.2, 0.25) is 0 Å². The minimum Gasteiger partial charge on any atom is -0.371 e. The van der Waals surface area contributed by atoms with E-state index in [2.05, 4.69) is 4.98 Å². The number of imidazole rings is 1. The molecule has 7 nitrogen and oxygen atoms in total. The first-order chi connectivity index (χ1) is 9.88. The molecule has 2 heterocycles. The van der Waals surface area contributed by atoms with Gasteiger partial charge in [0.05, 0.1) is 12.2 Å². The molecule has 0 saturated carbocycles. The van der Waals surface area contributed by atoms with Crippen LogP contribution in [-0.4, -0.2) is 54.1 Å².